The molecule has 0 saturated carbocycles. The van der Waals surface area contributed by atoms with Gasteiger partial charge in [-0.2, -0.15) is 0 Å². The fourth-order valence-electron chi connectivity index (χ4n) is 2.03. The molecule has 86 valence electrons. The van der Waals surface area contributed by atoms with Gasteiger partial charge >= 0.3 is 110 Å². The molecule has 2 rings (SSSR count). The van der Waals surface area contributed by atoms with Crippen molar-refractivity contribution in [2.24, 2.45) is 0 Å². The van der Waals surface area contributed by atoms with Gasteiger partial charge in [0.2, 0.25) is 0 Å². The molecule has 0 unspecified atom stereocenters. The van der Waals surface area contributed by atoms with Crippen molar-refractivity contribution in [3.8, 4) is 0 Å². The van der Waals surface area contributed by atoms with Crippen LogP contribution in [0.5, 0.6) is 0 Å². The van der Waals surface area contributed by atoms with Crippen molar-refractivity contribution in [2.75, 3.05) is 0 Å². The second-order valence-corrected chi connectivity index (χ2v) is 6.26. The first-order chi connectivity index (χ1) is 8.09. The van der Waals surface area contributed by atoms with Crippen LogP contribution in [0, 0.1) is 27.7 Å². The number of rotatable bonds is 2. The summed E-state index contributed by atoms with van der Waals surface area (Å²) in [5.74, 6) is 0. The zero-order valence-corrected chi connectivity index (χ0v) is 12.2. The van der Waals surface area contributed by atoms with Gasteiger partial charge in [-0.15, -0.1) is 0 Å². The maximum atomic E-state index is 2.28. The summed E-state index contributed by atoms with van der Waals surface area (Å²) in [5.41, 5.74) is 5.73. The Morgan fingerprint density at radius 3 is 1.53 bits per heavy atom. The van der Waals surface area contributed by atoms with E-state index >= 15 is 0 Å². The fourth-order valence-corrected chi connectivity index (χ4v) is 3.67. The average Bonchev–Trinajstić information content (AvgIpc) is 2.31. The Kier molecular flexibility index (Phi) is 3.72. The largest absolute Gasteiger partial charge is 1.00 e. The van der Waals surface area contributed by atoms with Crippen LogP contribution < -0.4 is 8.85 Å². The number of hydrogen-bond donors (Lipinski definition) is 0. The first-order valence-corrected chi connectivity index (χ1v) is 7.22. The van der Waals surface area contributed by atoms with Crippen molar-refractivity contribution in [3.05, 3.63) is 58.7 Å². The molecule has 0 heterocycles. The predicted octanol–water partition coefficient (Wildman–Crippen LogP) is 2.69. The molecular formula is C16H19Al. The molecule has 0 aliphatic rings. The van der Waals surface area contributed by atoms with Gasteiger partial charge in [0.15, 0.2) is 0 Å². The van der Waals surface area contributed by atoms with E-state index in [9.17, 15) is 0 Å². The van der Waals surface area contributed by atoms with Crippen LogP contribution in [0.2, 0.25) is 0 Å². The normalized spacial score (nSPS) is 10.1. The molecule has 0 bridgehead atoms. The Balaban J connectivity index is 0.00000162. The van der Waals surface area contributed by atoms with E-state index in [4.69, 9.17) is 0 Å². The predicted molar refractivity (Wildman–Crippen MR) is 78.0 cm³/mol. The average molecular weight is 238 g/mol. The van der Waals surface area contributed by atoms with Gasteiger partial charge in [0.25, 0.3) is 0 Å². The Morgan fingerprint density at radius 1 is 0.706 bits per heavy atom. The summed E-state index contributed by atoms with van der Waals surface area (Å²) >= 11 is 0.216. The summed E-state index contributed by atoms with van der Waals surface area (Å²) in [6, 6.07) is 13.3. The second-order valence-electron chi connectivity index (χ2n) is 4.72. The molecule has 0 amide bonds. The van der Waals surface area contributed by atoms with Crippen molar-refractivity contribution < 1.29 is 1.43 Å². The number of benzene rings is 2. The molecule has 0 saturated heterocycles. The third-order valence-electron chi connectivity index (χ3n) is 3.60. The minimum Gasteiger partial charge on any atom is -1.00 e. The summed E-state index contributed by atoms with van der Waals surface area (Å²) in [6.07, 6.45) is 0. The van der Waals surface area contributed by atoms with Crippen LogP contribution >= 0.6 is 0 Å². The molecule has 0 radical (unpaired) electrons. The van der Waals surface area contributed by atoms with Gasteiger partial charge in [0.05, 0.1) is 0 Å². The van der Waals surface area contributed by atoms with E-state index in [0.717, 1.165) is 0 Å². The summed E-state index contributed by atoms with van der Waals surface area (Å²) in [4.78, 5) is 0. The van der Waals surface area contributed by atoms with Crippen LogP contribution in [0.15, 0.2) is 36.4 Å². The summed E-state index contributed by atoms with van der Waals surface area (Å²) in [5, 5.41) is 0. The van der Waals surface area contributed by atoms with Gasteiger partial charge < -0.3 is 1.43 Å². The third kappa shape index (κ3) is 2.63. The molecule has 1 heteroatoms. The maximum Gasteiger partial charge on any atom is -1.00 e. The van der Waals surface area contributed by atoms with Crippen LogP contribution in [-0.2, 0) is 0 Å². The van der Waals surface area contributed by atoms with Crippen molar-refractivity contribution in [1.29, 1.82) is 0 Å². The molecule has 0 aliphatic carbocycles. The molecule has 0 atom stereocenters. The fraction of sp³-hybridized carbons (Fsp3) is 0.250. The van der Waals surface area contributed by atoms with Crippen LogP contribution in [0.3, 0.4) is 0 Å². The molecular weight excluding hydrogens is 219 g/mol. The smallest absolute Gasteiger partial charge is 1.00 e. The molecule has 0 spiro atoms. The van der Waals surface area contributed by atoms with E-state index in [-0.39, 0.29) is 16.6 Å². The van der Waals surface area contributed by atoms with Gasteiger partial charge in [-0.25, -0.2) is 0 Å². The molecule has 2 aromatic carbocycles. The summed E-state index contributed by atoms with van der Waals surface area (Å²) in [7, 11) is 0. The molecule has 17 heavy (non-hydrogen) atoms. The van der Waals surface area contributed by atoms with Gasteiger partial charge in [0, 0.05) is 0 Å². The molecule has 2 aromatic rings. The Bertz CT molecular complexity index is 497. The minimum absolute atomic E-state index is 0. The van der Waals surface area contributed by atoms with E-state index in [1.54, 1.807) is 0 Å². The maximum absolute atomic E-state index is 2.28. The van der Waals surface area contributed by atoms with Crippen LogP contribution in [-0.4, -0.2) is 15.2 Å². The summed E-state index contributed by atoms with van der Waals surface area (Å²) in [6.45, 7) is 8.87. The third-order valence-corrected chi connectivity index (χ3v) is 5.48. The molecule has 0 aliphatic heterocycles. The van der Waals surface area contributed by atoms with Crippen molar-refractivity contribution in [3.63, 3.8) is 0 Å². The first-order valence-electron chi connectivity index (χ1n) is 6.07. The Morgan fingerprint density at radius 2 is 1.12 bits per heavy atom. The minimum atomic E-state index is 0. The molecule has 0 fully saturated rings. The second kappa shape index (κ2) is 5.09. The number of hydrogen-bond acceptors (Lipinski definition) is 0. The van der Waals surface area contributed by atoms with Gasteiger partial charge in [-0.1, -0.05) is 0 Å². The van der Waals surface area contributed by atoms with E-state index in [2.05, 4.69) is 64.1 Å². The SMILES string of the molecule is Cc1ccc[c]([Al+][c]2cccc(C)c2C)c1C.[H-]. The molecule has 0 nitrogen and oxygen atoms in total. The van der Waals surface area contributed by atoms with Crippen molar-refractivity contribution in [2.45, 2.75) is 27.7 Å². The van der Waals surface area contributed by atoms with E-state index < -0.39 is 0 Å². The first kappa shape index (κ1) is 12.4. The van der Waals surface area contributed by atoms with Crippen molar-refractivity contribution >= 4 is 24.1 Å². The summed E-state index contributed by atoms with van der Waals surface area (Å²) < 4.78 is 3.05. The van der Waals surface area contributed by atoms with E-state index in [1.165, 1.54) is 31.1 Å². The van der Waals surface area contributed by atoms with Crippen LogP contribution in [0.25, 0.3) is 0 Å². The van der Waals surface area contributed by atoms with Crippen LogP contribution in [0.1, 0.15) is 23.7 Å². The Hall–Kier alpha value is -1.03. The number of aryl methyl sites for hydroxylation is 2. The monoisotopic (exact) mass is 238 g/mol. The van der Waals surface area contributed by atoms with E-state index in [1.807, 2.05) is 0 Å². The van der Waals surface area contributed by atoms with Gasteiger partial charge in [-0.3, -0.25) is 0 Å². The Labute approximate surface area is 112 Å². The molecule has 0 aromatic heterocycles. The molecule has 0 N–H and O–H groups in total. The topological polar surface area (TPSA) is 0 Å². The van der Waals surface area contributed by atoms with Gasteiger partial charge in [-0.05, 0) is 0 Å². The zero-order valence-electron chi connectivity index (χ0n) is 12.0. The zero-order chi connectivity index (χ0) is 12.4. The standard InChI is InChI=1S/2C8H9.Al.H/c2*1-7-5-3-4-6-8(7)2;;/h2*3-5H,1-2H3;;/q;;+1;-1. The van der Waals surface area contributed by atoms with Crippen molar-refractivity contribution in [1.82, 2.24) is 0 Å². The van der Waals surface area contributed by atoms with Gasteiger partial charge in [0.1, 0.15) is 0 Å². The van der Waals surface area contributed by atoms with E-state index in [0.29, 0.717) is 0 Å². The quantitative estimate of drug-likeness (QED) is 0.706. The van der Waals surface area contributed by atoms with Crippen LogP contribution in [0.4, 0.5) is 0 Å².